The van der Waals surface area contributed by atoms with Crippen LogP contribution < -0.4 is 42.4 Å². The van der Waals surface area contributed by atoms with Crippen LogP contribution in [-0.2, 0) is 16.6 Å². The molecule has 3 aliphatic rings. The molecule has 3 aliphatic heterocycles. The number of nitrogens with zero attached hydrogens (tertiary/aromatic N) is 2. The highest BCUT2D eigenvalue weighted by Gasteiger charge is 2.31. The van der Waals surface area contributed by atoms with Crippen LogP contribution in [0.2, 0.25) is 0 Å². The molecule has 5 rings (SSSR count). The van der Waals surface area contributed by atoms with Crippen molar-refractivity contribution >= 4 is 33.4 Å². The molecular formula is C28H37N9O3S. The van der Waals surface area contributed by atoms with Gasteiger partial charge in [-0.1, -0.05) is 24.3 Å². The fourth-order valence-electron chi connectivity index (χ4n) is 5.00. The molecule has 1 unspecified atom stereocenters. The van der Waals surface area contributed by atoms with Crippen LogP contribution in [-0.4, -0.2) is 58.8 Å². The van der Waals surface area contributed by atoms with Gasteiger partial charge in [-0.05, 0) is 80.4 Å². The highest BCUT2D eigenvalue weighted by Crippen LogP contribution is 2.29. The second kappa shape index (κ2) is 12.7. The first-order chi connectivity index (χ1) is 19.8. The monoisotopic (exact) mass is 579 g/mol. The molecule has 0 aromatic heterocycles. The van der Waals surface area contributed by atoms with Crippen molar-refractivity contribution in [2.45, 2.75) is 42.9 Å². The first-order valence-corrected chi connectivity index (χ1v) is 15.2. The highest BCUT2D eigenvalue weighted by atomic mass is 32.2. The van der Waals surface area contributed by atoms with Crippen LogP contribution in [0.1, 0.15) is 30.4 Å². The number of aliphatic imine (C=N–C) groups is 1. The molecule has 41 heavy (non-hydrogen) atoms. The molecule has 0 aliphatic carbocycles. The number of nitrogens with one attached hydrogen (secondary N) is 5. The quantitative estimate of drug-likeness (QED) is 0.116. The maximum absolute atomic E-state index is 13.0. The number of urea groups is 1. The number of rotatable bonds is 11. The Kier molecular flexibility index (Phi) is 8.88. The highest BCUT2D eigenvalue weighted by molar-refractivity contribution is 7.89. The summed E-state index contributed by atoms with van der Waals surface area (Å²) in [6, 6.07) is 14.3. The lowest BCUT2D eigenvalue weighted by Gasteiger charge is -2.29. The van der Waals surface area contributed by atoms with Gasteiger partial charge in [-0.25, -0.2) is 17.9 Å². The molecule has 9 N–H and O–H groups in total. The normalized spacial score (nSPS) is 19.1. The van der Waals surface area contributed by atoms with Gasteiger partial charge >= 0.3 is 6.03 Å². The Morgan fingerprint density at radius 3 is 2.61 bits per heavy atom. The topological polar surface area (TPSA) is 179 Å². The van der Waals surface area contributed by atoms with E-state index in [1.165, 1.54) is 0 Å². The summed E-state index contributed by atoms with van der Waals surface area (Å²) >= 11 is 0. The average molecular weight is 580 g/mol. The number of benzene rings is 2. The summed E-state index contributed by atoms with van der Waals surface area (Å²) in [7, 11) is -3.65. The van der Waals surface area contributed by atoms with Gasteiger partial charge in [0.05, 0.1) is 10.6 Å². The second-order valence-electron chi connectivity index (χ2n) is 10.3. The van der Waals surface area contributed by atoms with Gasteiger partial charge in [-0.2, -0.15) is 0 Å². The van der Waals surface area contributed by atoms with E-state index in [1.807, 2.05) is 36.4 Å². The Labute approximate surface area is 240 Å². The number of anilines is 1. The van der Waals surface area contributed by atoms with E-state index in [0.29, 0.717) is 13.1 Å². The Morgan fingerprint density at radius 1 is 1.07 bits per heavy atom. The molecule has 2 aromatic carbocycles. The Hall–Kier alpha value is -3.91. The third-order valence-corrected chi connectivity index (χ3v) is 8.69. The molecule has 0 bridgehead atoms. The van der Waals surface area contributed by atoms with Crippen molar-refractivity contribution in [3.05, 3.63) is 77.5 Å². The number of amides is 2. The molecular weight excluding hydrogens is 542 g/mol. The van der Waals surface area contributed by atoms with E-state index in [2.05, 4.69) is 31.0 Å². The Bertz CT molecular complexity index is 1440. The number of hydrogen-bond donors (Lipinski definition) is 7. The largest absolute Gasteiger partial charge is 0.370 e. The van der Waals surface area contributed by atoms with Crippen molar-refractivity contribution < 1.29 is 13.2 Å². The van der Waals surface area contributed by atoms with Gasteiger partial charge in [0.2, 0.25) is 10.0 Å². The van der Waals surface area contributed by atoms with Gasteiger partial charge in [0.15, 0.2) is 5.96 Å². The minimum atomic E-state index is -3.65. The number of carbonyl (C=O) groups is 1. The first kappa shape index (κ1) is 28.6. The molecule has 12 nitrogen and oxygen atoms in total. The summed E-state index contributed by atoms with van der Waals surface area (Å²) in [4.78, 5) is 18.7. The van der Waals surface area contributed by atoms with Crippen LogP contribution in [0.3, 0.4) is 0 Å². The number of sulfonamides is 1. The van der Waals surface area contributed by atoms with Crippen LogP contribution in [0, 0.1) is 0 Å². The molecule has 1 atom stereocenters. The SMILES string of the molecule is NC(N)=NCCCNCc1ccc(N2C=C3C=C(c4cccc(S(=O)(=O)NC5CCNCC5)c4)NC3NC2=O)cc1. The smallest absolute Gasteiger partial charge is 0.327 e. The molecule has 0 radical (unpaired) electrons. The zero-order valence-electron chi connectivity index (χ0n) is 22.8. The number of hydrogen-bond acceptors (Lipinski definition) is 7. The summed E-state index contributed by atoms with van der Waals surface area (Å²) in [5, 5.41) is 12.9. The van der Waals surface area contributed by atoms with Crippen molar-refractivity contribution in [3.63, 3.8) is 0 Å². The van der Waals surface area contributed by atoms with E-state index in [4.69, 9.17) is 11.5 Å². The van der Waals surface area contributed by atoms with Crippen LogP contribution in [0.15, 0.2) is 76.3 Å². The summed E-state index contributed by atoms with van der Waals surface area (Å²) < 4.78 is 28.9. The summed E-state index contributed by atoms with van der Waals surface area (Å²) in [5.41, 5.74) is 14.8. The Balaban J connectivity index is 1.24. The molecule has 0 spiro atoms. The molecule has 2 aromatic rings. The number of fused-ring (bicyclic) bond motifs is 1. The molecule has 3 heterocycles. The van der Waals surface area contributed by atoms with E-state index >= 15 is 0 Å². The number of guanidine groups is 1. The lowest BCUT2D eigenvalue weighted by atomic mass is 10.1. The Morgan fingerprint density at radius 2 is 1.85 bits per heavy atom. The maximum atomic E-state index is 13.0. The van der Waals surface area contributed by atoms with E-state index in [-0.39, 0.29) is 22.9 Å². The average Bonchev–Trinajstić information content (AvgIpc) is 3.38. The number of nitrogens with two attached hydrogens (primary N) is 2. The van der Waals surface area contributed by atoms with Crippen molar-refractivity contribution in [3.8, 4) is 0 Å². The molecule has 1 fully saturated rings. The van der Waals surface area contributed by atoms with E-state index in [9.17, 15) is 13.2 Å². The van der Waals surface area contributed by atoms with E-state index in [0.717, 1.165) is 67.0 Å². The standard InChI is InChI=1S/C28H37N9O3S/c29-27(30)33-12-2-11-32-17-19-5-7-23(8-6-19)37-18-21-16-25(34-26(21)35-28(37)38)20-3-1-4-24(15-20)41(39,40)36-22-9-13-31-14-10-22/h1,3-8,15-16,18,22,26,31-32,34,36H,2,9-14,17H2,(H,35,38)(H4,29,30,33). The van der Waals surface area contributed by atoms with E-state index in [1.54, 1.807) is 29.3 Å². The fraction of sp³-hybridized carbons (Fsp3) is 0.357. The van der Waals surface area contributed by atoms with Crippen molar-refractivity contribution in [2.24, 2.45) is 16.5 Å². The number of piperidine rings is 1. The summed E-state index contributed by atoms with van der Waals surface area (Å²) in [6.07, 6.45) is 5.70. The predicted molar refractivity (Wildman–Crippen MR) is 160 cm³/mol. The number of carbonyl (C=O) groups excluding carboxylic acids is 1. The minimum Gasteiger partial charge on any atom is -0.370 e. The third kappa shape index (κ3) is 7.24. The zero-order valence-corrected chi connectivity index (χ0v) is 23.6. The molecule has 2 amide bonds. The second-order valence-corrected chi connectivity index (χ2v) is 12.0. The van der Waals surface area contributed by atoms with Crippen LogP contribution in [0.25, 0.3) is 5.70 Å². The van der Waals surface area contributed by atoms with Gasteiger partial charge in [-0.3, -0.25) is 9.89 Å². The lowest BCUT2D eigenvalue weighted by Crippen LogP contribution is -2.51. The molecule has 218 valence electrons. The predicted octanol–water partition coefficient (Wildman–Crippen LogP) is 0.854. The van der Waals surface area contributed by atoms with Crippen molar-refractivity contribution in [1.29, 1.82) is 0 Å². The van der Waals surface area contributed by atoms with E-state index < -0.39 is 16.2 Å². The molecule has 0 saturated carbocycles. The van der Waals surface area contributed by atoms with Gasteiger partial charge in [0, 0.05) is 36.6 Å². The van der Waals surface area contributed by atoms with Crippen molar-refractivity contribution in [1.82, 2.24) is 26.0 Å². The maximum Gasteiger partial charge on any atom is 0.327 e. The van der Waals surface area contributed by atoms with Crippen LogP contribution in [0.4, 0.5) is 10.5 Å². The minimum absolute atomic E-state index is 0.0738. The fourth-order valence-corrected chi connectivity index (χ4v) is 6.35. The first-order valence-electron chi connectivity index (χ1n) is 13.8. The third-order valence-electron chi connectivity index (χ3n) is 7.17. The van der Waals surface area contributed by atoms with Crippen LogP contribution >= 0.6 is 0 Å². The van der Waals surface area contributed by atoms with Crippen molar-refractivity contribution in [2.75, 3.05) is 31.1 Å². The van der Waals surface area contributed by atoms with Gasteiger partial charge in [-0.15, -0.1) is 0 Å². The summed E-state index contributed by atoms with van der Waals surface area (Å²) in [5.74, 6) is 0.101. The van der Waals surface area contributed by atoms with Gasteiger partial charge in [0.1, 0.15) is 6.17 Å². The van der Waals surface area contributed by atoms with Crippen LogP contribution in [0.5, 0.6) is 0 Å². The summed E-state index contributed by atoms with van der Waals surface area (Å²) in [6.45, 7) is 3.65. The van der Waals surface area contributed by atoms with Gasteiger partial charge in [0.25, 0.3) is 0 Å². The molecule has 1 saturated heterocycles. The molecule has 13 heteroatoms. The zero-order chi connectivity index (χ0) is 28.8. The lowest BCUT2D eigenvalue weighted by molar-refractivity contribution is 0.244. The van der Waals surface area contributed by atoms with Gasteiger partial charge < -0.3 is 32.7 Å².